The summed E-state index contributed by atoms with van der Waals surface area (Å²) in [6.07, 6.45) is 0.371. The maximum absolute atomic E-state index is 13.5. The van der Waals surface area contributed by atoms with Gasteiger partial charge in [0, 0.05) is 36.8 Å². The van der Waals surface area contributed by atoms with Crippen molar-refractivity contribution in [2.24, 2.45) is 12.8 Å². The summed E-state index contributed by atoms with van der Waals surface area (Å²) in [7, 11) is 1.87. The van der Waals surface area contributed by atoms with Crippen molar-refractivity contribution in [2.45, 2.75) is 19.9 Å². The predicted octanol–water partition coefficient (Wildman–Crippen LogP) is 6.37. The number of halogens is 4. The lowest BCUT2D eigenvalue weighted by Gasteiger charge is -2.12. The molecule has 0 bridgehead atoms. The van der Waals surface area contributed by atoms with E-state index in [0.29, 0.717) is 52.4 Å². The second-order valence-electron chi connectivity index (χ2n) is 7.82. The van der Waals surface area contributed by atoms with E-state index in [2.05, 4.69) is 5.32 Å². The van der Waals surface area contributed by atoms with Gasteiger partial charge in [0.05, 0.1) is 33.2 Å². The Bertz CT molecular complexity index is 1440. The lowest BCUT2D eigenvalue weighted by molar-refractivity contribution is 0.102. The predicted molar refractivity (Wildman–Crippen MR) is 138 cm³/mol. The van der Waals surface area contributed by atoms with E-state index in [1.54, 1.807) is 24.3 Å². The summed E-state index contributed by atoms with van der Waals surface area (Å²) in [5.41, 5.74) is 9.31. The van der Waals surface area contributed by atoms with Gasteiger partial charge in [-0.05, 0) is 48.4 Å². The fourth-order valence-electron chi connectivity index (χ4n) is 3.78. The Balaban J connectivity index is 1.74. The van der Waals surface area contributed by atoms with Crippen molar-refractivity contribution in [3.8, 4) is 5.75 Å². The van der Waals surface area contributed by atoms with Crippen LogP contribution < -0.4 is 15.8 Å². The fourth-order valence-corrected chi connectivity index (χ4v) is 4.54. The minimum Gasteiger partial charge on any atom is -0.493 e. The quantitative estimate of drug-likeness (QED) is 0.288. The number of carbonyl (C=O) groups is 1. The summed E-state index contributed by atoms with van der Waals surface area (Å²) in [6, 6.07) is 11.0. The Labute approximate surface area is 216 Å². The molecule has 1 amide bonds. The highest BCUT2D eigenvalue weighted by Crippen LogP contribution is 2.32. The lowest BCUT2D eigenvalue weighted by atomic mass is 10.1. The first-order valence-electron chi connectivity index (χ1n) is 10.8. The van der Waals surface area contributed by atoms with E-state index in [9.17, 15) is 9.18 Å². The van der Waals surface area contributed by atoms with E-state index in [0.717, 1.165) is 16.6 Å². The van der Waals surface area contributed by atoms with Gasteiger partial charge in [-0.15, -0.1) is 0 Å². The molecule has 6 nitrogen and oxygen atoms in total. The molecule has 10 heteroatoms. The van der Waals surface area contributed by atoms with Crippen LogP contribution in [0.3, 0.4) is 0 Å². The van der Waals surface area contributed by atoms with E-state index >= 15 is 0 Å². The van der Waals surface area contributed by atoms with E-state index in [4.69, 9.17) is 50.3 Å². The molecule has 0 radical (unpaired) electrons. The largest absolute Gasteiger partial charge is 0.493 e. The molecule has 3 aromatic carbocycles. The number of nitrogens with one attached hydrogen (secondary N) is 1. The molecule has 182 valence electrons. The molecule has 4 aromatic rings. The number of benzene rings is 3. The number of fused-ring (bicyclic) bond motifs is 1. The van der Waals surface area contributed by atoms with Crippen LogP contribution in [0.15, 0.2) is 42.5 Å². The first-order valence-corrected chi connectivity index (χ1v) is 11.9. The second kappa shape index (κ2) is 10.4. The number of ether oxygens (including phenoxy) is 1. The Kier molecular flexibility index (Phi) is 7.52. The smallest absolute Gasteiger partial charge is 0.259 e. The van der Waals surface area contributed by atoms with Crippen molar-refractivity contribution in [2.75, 3.05) is 11.9 Å². The molecule has 4 rings (SSSR count). The number of aromatic nitrogens is 2. The fraction of sp³-hybridized carbons (Fsp3) is 0.200. The van der Waals surface area contributed by atoms with Crippen LogP contribution in [0.25, 0.3) is 11.0 Å². The summed E-state index contributed by atoms with van der Waals surface area (Å²) in [5.74, 6) is 0.0797. The number of nitrogens with zero attached hydrogens (tertiary/aromatic N) is 2. The van der Waals surface area contributed by atoms with Gasteiger partial charge >= 0.3 is 0 Å². The summed E-state index contributed by atoms with van der Waals surface area (Å²) >= 11 is 18.8. The zero-order valence-electron chi connectivity index (χ0n) is 19.0. The second-order valence-corrected chi connectivity index (χ2v) is 9.01. The Morgan fingerprint density at radius 2 is 1.91 bits per heavy atom. The molecule has 0 saturated carbocycles. The number of imidazole rings is 1. The van der Waals surface area contributed by atoms with Gasteiger partial charge in [-0.25, -0.2) is 9.37 Å². The summed E-state index contributed by atoms with van der Waals surface area (Å²) < 4.78 is 21.1. The van der Waals surface area contributed by atoms with Crippen molar-refractivity contribution >= 4 is 57.4 Å². The molecule has 0 unspecified atom stereocenters. The third kappa shape index (κ3) is 5.09. The Morgan fingerprint density at radius 1 is 1.14 bits per heavy atom. The first-order chi connectivity index (χ1) is 16.7. The maximum atomic E-state index is 13.5. The van der Waals surface area contributed by atoms with Crippen LogP contribution in [0.5, 0.6) is 5.75 Å². The van der Waals surface area contributed by atoms with Gasteiger partial charge in [-0.1, -0.05) is 40.9 Å². The third-order valence-electron chi connectivity index (χ3n) is 5.62. The molecule has 0 aliphatic rings. The molecular formula is C25H22Cl3FN4O2. The van der Waals surface area contributed by atoms with Crippen molar-refractivity contribution in [3.05, 3.63) is 85.9 Å². The number of nitrogens with two attached hydrogens (primary N) is 1. The van der Waals surface area contributed by atoms with Crippen molar-refractivity contribution < 1.29 is 13.9 Å². The SMILES string of the molecule is CCOc1cc2c(cc1C(=O)Nc1ccc(F)c(Cl)c1)nc(Cc1c(Cl)ccc(CN)c1Cl)n2C. The molecule has 3 N–H and O–H groups in total. The summed E-state index contributed by atoms with van der Waals surface area (Å²) in [6.45, 7) is 2.48. The number of aryl methyl sites for hydroxylation is 1. The van der Waals surface area contributed by atoms with Crippen LogP contribution in [0.4, 0.5) is 10.1 Å². The Hall–Kier alpha value is -2.84. The van der Waals surface area contributed by atoms with E-state index in [1.165, 1.54) is 18.2 Å². The number of hydrogen-bond donors (Lipinski definition) is 2. The molecule has 0 aliphatic carbocycles. The van der Waals surface area contributed by atoms with Gasteiger partial charge < -0.3 is 20.4 Å². The zero-order chi connectivity index (χ0) is 25.3. The van der Waals surface area contributed by atoms with Gasteiger partial charge in [-0.3, -0.25) is 4.79 Å². The lowest BCUT2D eigenvalue weighted by Crippen LogP contribution is -2.14. The summed E-state index contributed by atoms with van der Waals surface area (Å²) in [5, 5.41) is 3.67. The standard InChI is InChI=1S/C25H22Cl3FN4O2/c1-3-35-22-11-21-20(9-16(22)25(34)31-14-5-7-19(29)18(27)8-14)32-23(33(21)2)10-15-17(26)6-4-13(12-30)24(15)28/h4-9,11H,3,10,12,30H2,1-2H3,(H,31,34). The van der Waals surface area contributed by atoms with Crippen LogP contribution in [0.2, 0.25) is 15.1 Å². The summed E-state index contributed by atoms with van der Waals surface area (Å²) in [4.78, 5) is 17.8. The number of anilines is 1. The highest BCUT2D eigenvalue weighted by atomic mass is 35.5. The minimum atomic E-state index is -0.570. The van der Waals surface area contributed by atoms with Gasteiger partial charge in [0.25, 0.3) is 5.91 Å². The number of hydrogen-bond acceptors (Lipinski definition) is 4. The molecule has 0 fully saturated rings. The molecule has 1 heterocycles. The van der Waals surface area contributed by atoms with Crippen LogP contribution >= 0.6 is 34.8 Å². The van der Waals surface area contributed by atoms with Crippen LogP contribution in [-0.2, 0) is 20.0 Å². The minimum absolute atomic E-state index is 0.0892. The van der Waals surface area contributed by atoms with Gasteiger partial charge in [0.15, 0.2) is 0 Å². The van der Waals surface area contributed by atoms with Gasteiger partial charge in [-0.2, -0.15) is 0 Å². The first kappa shape index (κ1) is 25.3. The molecule has 35 heavy (non-hydrogen) atoms. The normalized spacial score (nSPS) is 11.2. The van der Waals surface area contributed by atoms with E-state index in [-0.39, 0.29) is 10.6 Å². The average Bonchev–Trinajstić information content (AvgIpc) is 3.13. The maximum Gasteiger partial charge on any atom is 0.259 e. The van der Waals surface area contributed by atoms with Gasteiger partial charge in [0.1, 0.15) is 17.4 Å². The average molecular weight is 536 g/mol. The van der Waals surface area contributed by atoms with Gasteiger partial charge in [0.2, 0.25) is 0 Å². The van der Waals surface area contributed by atoms with Crippen LogP contribution in [0, 0.1) is 5.82 Å². The number of rotatable bonds is 7. The van der Waals surface area contributed by atoms with Crippen molar-refractivity contribution in [3.63, 3.8) is 0 Å². The highest BCUT2D eigenvalue weighted by Gasteiger charge is 2.20. The van der Waals surface area contributed by atoms with E-state index in [1.807, 2.05) is 18.5 Å². The third-order valence-corrected chi connectivity index (χ3v) is 6.73. The molecule has 0 spiro atoms. The Morgan fingerprint density at radius 3 is 2.60 bits per heavy atom. The molecule has 0 aliphatic heterocycles. The number of amides is 1. The number of carbonyl (C=O) groups excluding carboxylic acids is 1. The van der Waals surface area contributed by atoms with Crippen LogP contribution in [0.1, 0.15) is 34.2 Å². The molecule has 0 atom stereocenters. The molecular weight excluding hydrogens is 514 g/mol. The van der Waals surface area contributed by atoms with E-state index < -0.39 is 11.7 Å². The zero-order valence-corrected chi connectivity index (χ0v) is 21.2. The topological polar surface area (TPSA) is 82.2 Å². The van der Waals surface area contributed by atoms with Crippen molar-refractivity contribution in [1.82, 2.24) is 9.55 Å². The monoisotopic (exact) mass is 534 g/mol. The molecule has 1 aromatic heterocycles. The molecule has 0 saturated heterocycles. The van der Waals surface area contributed by atoms with Crippen LogP contribution in [-0.4, -0.2) is 22.1 Å². The van der Waals surface area contributed by atoms with Crippen molar-refractivity contribution in [1.29, 1.82) is 0 Å². The highest BCUT2D eigenvalue weighted by molar-refractivity contribution is 6.36.